The summed E-state index contributed by atoms with van der Waals surface area (Å²) in [6.07, 6.45) is 2.98. The number of hydrogen-bond acceptors (Lipinski definition) is 4. The minimum absolute atomic E-state index is 0.0166. The first kappa shape index (κ1) is 19.3. The van der Waals surface area contributed by atoms with Crippen molar-refractivity contribution in [3.8, 4) is 0 Å². The van der Waals surface area contributed by atoms with Crippen molar-refractivity contribution in [2.75, 3.05) is 32.7 Å². The van der Waals surface area contributed by atoms with Crippen molar-refractivity contribution in [1.82, 2.24) is 9.21 Å². The molecule has 1 aromatic carbocycles. The molecule has 1 heterocycles. The van der Waals surface area contributed by atoms with Gasteiger partial charge in [0, 0.05) is 32.1 Å². The van der Waals surface area contributed by atoms with Gasteiger partial charge in [0.1, 0.15) is 0 Å². The quantitative estimate of drug-likeness (QED) is 0.859. The monoisotopic (exact) mass is 379 g/mol. The molecule has 1 aliphatic carbocycles. The second-order valence-corrected chi connectivity index (χ2v) is 9.45. The number of aryl methyl sites for hydroxylation is 2. The molecule has 2 aliphatic rings. The molecule has 26 heavy (non-hydrogen) atoms. The van der Waals surface area contributed by atoms with E-state index in [0.717, 1.165) is 30.4 Å². The second kappa shape index (κ2) is 7.66. The minimum Gasteiger partial charge on any atom is -0.340 e. The standard InChI is InChI=1S/C19H29N3O3S/c1-14-6-7-17(12-15(14)2)26(24,25)22-10-8-21(9-11-22)19(23)18-5-3-4-16(18)13-20/h6-7,12,16,18H,3-5,8-11,13,20H2,1-2H3/t16-,18-/m1/s1. The minimum atomic E-state index is -3.51. The predicted octanol–water partition coefficient (Wildman–Crippen LogP) is 1.51. The number of benzene rings is 1. The summed E-state index contributed by atoms with van der Waals surface area (Å²) in [7, 11) is -3.51. The first-order chi connectivity index (χ1) is 12.3. The van der Waals surface area contributed by atoms with Crippen LogP contribution >= 0.6 is 0 Å². The summed E-state index contributed by atoms with van der Waals surface area (Å²) in [5, 5.41) is 0. The SMILES string of the molecule is Cc1ccc(S(=O)(=O)N2CCN(C(=O)[C@@H]3CCC[C@@H]3CN)CC2)cc1C. The molecular formula is C19H29N3O3S. The first-order valence-corrected chi connectivity index (χ1v) is 10.8. The molecule has 0 bridgehead atoms. The molecule has 144 valence electrons. The highest BCUT2D eigenvalue weighted by Crippen LogP contribution is 2.32. The molecule has 3 rings (SSSR count). The second-order valence-electron chi connectivity index (χ2n) is 7.51. The van der Waals surface area contributed by atoms with Crippen LogP contribution in [0.5, 0.6) is 0 Å². The third-order valence-corrected chi connectivity index (χ3v) is 7.84. The van der Waals surface area contributed by atoms with E-state index < -0.39 is 10.0 Å². The maximum atomic E-state index is 12.9. The van der Waals surface area contributed by atoms with Crippen LogP contribution < -0.4 is 5.73 Å². The topological polar surface area (TPSA) is 83.7 Å². The van der Waals surface area contributed by atoms with Gasteiger partial charge in [-0.1, -0.05) is 12.5 Å². The summed E-state index contributed by atoms with van der Waals surface area (Å²) in [6, 6.07) is 5.24. The van der Waals surface area contributed by atoms with Gasteiger partial charge < -0.3 is 10.6 Å². The Morgan fingerprint density at radius 2 is 1.81 bits per heavy atom. The van der Waals surface area contributed by atoms with Crippen molar-refractivity contribution in [3.05, 3.63) is 29.3 Å². The third kappa shape index (κ3) is 3.66. The van der Waals surface area contributed by atoms with Gasteiger partial charge in [0.25, 0.3) is 0 Å². The zero-order chi connectivity index (χ0) is 18.9. The highest BCUT2D eigenvalue weighted by Gasteiger charge is 2.37. The molecule has 0 radical (unpaired) electrons. The Hall–Kier alpha value is -1.44. The van der Waals surface area contributed by atoms with Gasteiger partial charge in [0.05, 0.1) is 4.90 Å². The van der Waals surface area contributed by atoms with Gasteiger partial charge >= 0.3 is 0 Å². The van der Waals surface area contributed by atoms with Gasteiger partial charge in [0.15, 0.2) is 0 Å². The number of piperazine rings is 1. The Labute approximate surface area is 156 Å². The number of rotatable bonds is 4. The zero-order valence-corrected chi connectivity index (χ0v) is 16.5. The molecule has 0 aromatic heterocycles. The van der Waals surface area contributed by atoms with E-state index in [4.69, 9.17) is 5.73 Å². The van der Waals surface area contributed by atoms with Gasteiger partial charge in [-0.25, -0.2) is 8.42 Å². The molecular weight excluding hydrogens is 350 g/mol. The van der Waals surface area contributed by atoms with Crippen LogP contribution in [0.3, 0.4) is 0 Å². The van der Waals surface area contributed by atoms with Crippen LogP contribution in [0.1, 0.15) is 30.4 Å². The molecule has 1 amide bonds. The maximum absolute atomic E-state index is 12.9. The summed E-state index contributed by atoms with van der Waals surface area (Å²) in [5.41, 5.74) is 7.84. The number of amides is 1. The first-order valence-electron chi connectivity index (χ1n) is 9.41. The fourth-order valence-electron chi connectivity index (χ4n) is 4.05. The van der Waals surface area contributed by atoms with Crippen molar-refractivity contribution < 1.29 is 13.2 Å². The summed E-state index contributed by atoms with van der Waals surface area (Å²) in [4.78, 5) is 14.9. The highest BCUT2D eigenvalue weighted by molar-refractivity contribution is 7.89. The number of nitrogens with two attached hydrogens (primary N) is 1. The van der Waals surface area contributed by atoms with E-state index in [0.29, 0.717) is 37.6 Å². The largest absolute Gasteiger partial charge is 0.340 e. The lowest BCUT2D eigenvalue weighted by molar-refractivity contribution is -0.137. The average molecular weight is 380 g/mol. The predicted molar refractivity (Wildman–Crippen MR) is 101 cm³/mol. The van der Waals surface area contributed by atoms with Gasteiger partial charge in [-0.05, 0) is 62.4 Å². The summed E-state index contributed by atoms with van der Waals surface area (Å²) in [5.74, 6) is 0.448. The summed E-state index contributed by atoms with van der Waals surface area (Å²) >= 11 is 0. The van der Waals surface area contributed by atoms with E-state index in [1.54, 1.807) is 12.1 Å². The molecule has 0 unspecified atom stereocenters. The van der Waals surface area contributed by atoms with E-state index in [1.807, 2.05) is 24.8 Å². The maximum Gasteiger partial charge on any atom is 0.243 e. The highest BCUT2D eigenvalue weighted by atomic mass is 32.2. The van der Waals surface area contributed by atoms with Crippen LogP contribution in [0.2, 0.25) is 0 Å². The number of carbonyl (C=O) groups excluding carboxylic acids is 1. The van der Waals surface area contributed by atoms with E-state index in [-0.39, 0.29) is 17.7 Å². The Morgan fingerprint density at radius 3 is 2.42 bits per heavy atom. The van der Waals surface area contributed by atoms with Crippen LogP contribution in [0.25, 0.3) is 0 Å². The lowest BCUT2D eigenvalue weighted by atomic mass is 9.94. The number of sulfonamides is 1. The molecule has 1 saturated heterocycles. The summed E-state index contributed by atoms with van der Waals surface area (Å²) < 4.78 is 27.3. The molecule has 1 saturated carbocycles. The number of hydrogen-bond donors (Lipinski definition) is 1. The van der Waals surface area contributed by atoms with Crippen molar-refractivity contribution in [3.63, 3.8) is 0 Å². The molecule has 6 nitrogen and oxygen atoms in total. The Morgan fingerprint density at radius 1 is 1.12 bits per heavy atom. The van der Waals surface area contributed by atoms with Crippen LogP contribution in [0.4, 0.5) is 0 Å². The van der Waals surface area contributed by atoms with Crippen LogP contribution in [0.15, 0.2) is 23.1 Å². The Kier molecular flexibility index (Phi) is 5.69. The Balaban J connectivity index is 1.66. The Bertz CT molecular complexity index is 770. The molecule has 2 N–H and O–H groups in total. The molecule has 2 atom stereocenters. The normalized spacial score (nSPS) is 24.8. The van der Waals surface area contributed by atoms with E-state index >= 15 is 0 Å². The van der Waals surface area contributed by atoms with E-state index in [9.17, 15) is 13.2 Å². The average Bonchev–Trinajstić information content (AvgIpc) is 3.12. The molecule has 0 spiro atoms. The molecule has 1 aliphatic heterocycles. The van der Waals surface area contributed by atoms with Gasteiger partial charge in [0.2, 0.25) is 15.9 Å². The van der Waals surface area contributed by atoms with Crippen molar-refractivity contribution in [2.24, 2.45) is 17.6 Å². The number of carbonyl (C=O) groups is 1. The lowest BCUT2D eigenvalue weighted by Gasteiger charge is -2.36. The molecule has 1 aromatic rings. The van der Waals surface area contributed by atoms with Gasteiger partial charge in [-0.15, -0.1) is 0 Å². The van der Waals surface area contributed by atoms with Gasteiger partial charge in [-0.2, -0.15) is 4.31 Å². The molecule has 7 heteroatoms. The zero-order valence-electron chi connectivity index (χ0n) is 15.6. The van der Waals surface area contributed by atoms with Crippen LogP contribution in [-0.4, -0.2) is 56.3 Å². The summed E-state index contributed by atoms with van der Waals surface area (Å²) in [6.45, 7) is 6.04. The van der Waals surface area contributed by atoms with Crippen LogP contribution in [0, 0.1) is 25.7 Å². The van der Waals surface area contributed by atoms with Gasteiger partial charge in [-0.3, -0.25) is 4.79 Å². The fraction of sp³-hybridized carbons (Fsp3) is 0.632. The smallest absolute Gasteiger partial charge is 0.243 e. The van der Waals surface area contributed by atoms with E-state index in [1.165, 1.54) is 4.31 Å². The fourth-order valence-corrected chi connectivity index (χ4v) is 5.56. The van der Waals surface area contributed by atoms with Crippen molar-refractivity contribution >= 4 is 15.9 Å². The third-order valence-electron chi connectivity index (χ3n) is 5.95. The van der Waals surface area contributed by atoms with E-state index in [2.05, 4.69) is 0 Å². The lowest BCUT2D eigenvalue weighted by Crippen LogP contribution is -2.52. The molecule has 2 fully saturated rings. The van der Waals surface area contributed by atoms with Crippen molar-refractivity contribution in [2.45, 2.75) is 38.0 Å². The van der Waals surface area contributed by atoms with Crippen LogP contribution in [-0.2, 0) is 14.8 Å². The van der Waals surface area contributed by atoms with Crippen molar-refractivity contribution in [1.29, 1.82) is 0 Å². The number of nitrogens with zero attached hydrogens (tertiary/aromatic N) is 2.